The molecule has 0 radical (unpaired) electrons. The van der Waals surface area contributed by atoms with E-state index in [0.717, 1.165) is 35.4 Å². The van der Waals surface area contributed by atoms with E-state index in [1.54, 1.807) is 6.20 Å². The zero-order valence-corrected chi connectivity index (χ0v) is 16.2. The molecule has 0 aliphatic rings. The summed E-state index contributed by atoms with van der Waals surface area (Å²) in [7, 11) is 0. The number of fused-ring (bicyclic) bond motifs is 1. The number of nitrogens with one attached hydrogen (secondary N) is 1. The minimum Gasteiger partial charge on any atom is -0.356 e. The van der Waals surface area contributed by atoms with Crippen LogP contribution in [0.2, 0.25) is 0 Å². The van der Waals surface area contributed by atoms with Gasteiger partial charge in [-0.15, -0.1) is 0 Å². The quantitative estimate of drug-likeness (QED) is 0.470. The molecule has 5 heteroatoms. The first-order valence-electron chi connectivity index (χ1n) is 9.95. The van der Waals surface area contributed by atoms with Gasteiger partial charge < -0.3 is 9.72 Å². The molecule has 0 fully saturated rings. The number of aromatic nitrogens is 3. The highest BCUT2D eigenvalue weighted by atomic mass is 16.1. The fourth-order valence-electron chi connectivity index (χ4n) is 3.54. The Morgan fingerprint density at radius 2 is 1.79 bits per heavy atom. The molecule has 0 aliphatic heterocycles. The summed E-state index contributed by atoms with van der Waals surface area (Å²) in [6, 6.07) is 21.8. The Morgan fingerprint density at radius 3 is 2.62 bits per heavy atom. The average Bonchev–Trinajstić information content (AvgIpc) is 3.19. The van der Waals surface area contributed by atoms with Crippen LogP contribution in [-0.2, 0) is 17.6 Å². The van der Waals surface area contributed by atoms with Crippen LogP contribution in [0.25, 0.3) is 5.52 Å². The van der Waals surface area contributed by atoms with Crippen LogP contribution in [-0.4, -0.2) is 26.8 Å². The smallest absolute Gasteiger partial charge is 0.227 e. The summed E-state index contributed by atoms with van der Waals surface area (Å²) in [4.78, 5) is 21.8. The zero-order chi connectivity index (χ0) is 19.9. The van der Waals surface area contributed by atoms with E-state index < -0.39 is 0 Å². The van der Waals surface area contributed by atoms with E-state index in [9.17, 15) is 4.79 Å². The molecule has 0 saturated heterocycles. The van der Waals surface area contributed by atoms with Crippen LogP contribution in [0.3, 0.4) is 0 Å². The predicted molar refractivity (Wildman–Crippen MR) is 114 cm³/mol. The van der Waals surface area contributed by atoms with E-state index in [0.29, 0.717) is 13.0 Å². The minimum absolute atomic E-state index is 0.0369. The van der Waals surface area contributed by atoms with Crippen LogP contribution in [0.1, 0.15) is 29.4 Å². The van der Waals surface area contributed by atoms with Crippen molar-refractivity contribution in [3.8, 4) is 0 Å². The van der Waals surface area contributed by atoms with Gasteiger partial charge in [0.1, 0.15) is 5.82 Å². The van der Waals surface area contributed by atoms with Crippen molar-refractivity contribution in [2.24, 2.45) is 0 Å². The van der Waals surface area contributed by atoms with E-state index in [4.69, 9.17) is 0 Å². The predicted octanol–water partition coefficient (Wildman–Crippen LogP) is 3.80. The third-order valence-corrected chi connectivity index (χ3v) is 5.05. The highest BCUT2D eigenvalue weighted by molar-refractivity contribution is 5.83. The minimum atomic E-state index is -0.252. The van der Waals surface area contributed by atoms with Crippen molar-refractivity contribution in [1.29, 1.82) is 0 Å². The summed E-state index contributed by atoms with van der Waals surface area (Å²) < 4.78 is 2.09. The second-order valence-electron chi connectivity index (χ2n) is 7.05. The molecule has 5 nitrogen and oxygen atoms in total. The van der Waals surface area contributed by atoms with E-state index in [1.165, 1.54) is 0 Å². The summed E-state index contributed by atoms with van der Waals surface area (Å²) >= 11 is 0. The molecule has 4 aromatic rings. The number of nitrogens with zero attached hydrogens (tertiary/aromatic N) is 3. The van der Waals surface area contributed by atoms with Gasteiger partial charge in [0.15, 0.2) is 0 Å². The molecule has 3 heterocycles. The van der Waals surface area contributed by atoms with Gasteiger partial charge >= 0.3 is 0 Å². The summed E-state index contributed by atoms with van der Waals surface area (Å²) in [6.07, 6.45) is 7.91. The lowest BCUT2D eigenvalue weighted by Gasteiger charge is -2.17. The molecule has 1 aromatic carbocycles. The van der Waals surface area contributed by atoms with Gasteiger partial charge in [0, 0.05) is 37.5 Å². The zero-order valence-electron chi connectivity index (χ0n) is 16.2. The molecule has 1 amide bonds. The van der Waals surface area contributed by atoms with Gasteiger partial charge in [0.05, 0.1) is 17.6 Å². The number of benzene rings is 1. The lowest BCUT2D eigenvalue weighted by molar-refractivity contribution is -0.122. The fourth-order valence-corrected chi connectivity index (χ4v) is 3.54. The topological polar surface area (TPSA) is 59.3 Å². The van der Waals surface area contributed by atoms with Crippen molar-refractivity contribution in [3.05, 3.63) is 102 Å². The third-order valence-electron chi connectivity index (χ3n) is 5.05. The first kappa shape index (κ1) is 18.9. The Balaban J connectivity index is 1.37. The van der Waals surface area contributed by atoms with Gasteiger partial charge in [0.2, 0.25) is 5.91 Å². The van der Waals surface area contributed by atoms with Gasteiger partial charge in [-0.25, -0.2) is 4.98 Å². The number of hydrogen-bond donors (Lipinski definition) is 1. The highest BCUT2D eigenvalue weighted by Crippen LogP contribution is 2.20. The monoisotopic (exact) mass is 384 g/mol. The maximum Gasteiger partial charge on any atom is 0.227 e. The van der Waals surface area contributed by atoms with Crippen molar-refractivity contribution in [3.63, 3.8) is 0 Å². The molecule has 146 valence electrons. The maximum atomic E-state index is 13.0. The van der Waals surface area contributed by atoms with Crippen LogP contribution in [0.4, 0.5) is 0 Å². The largest absolute Gasteiger partial charge is 0.356 e. The molecule has 1 unspecified atom stereocenters. The number of hydrogen-bond acceptors (Lipinski definition) is 3. The number of carbonyl (C=O) groups is 1. The van der Waals surface area contributed by atoms with Crippen LogP contribution < -0.4 is 5.32 Å². The molecular formula is C24H24N4O. The van der Waals surface area contributed by atoms with Gasteiger partial charge in [-0.3, -0.25) is 9.78 Å². The molecule has 29 heavy (non-hydrogen) atoms. The van der Waals surface area contributed by atoms with Gasteiger partial charge in [0.25, 0.3) is 0 Å². The van der Waals surface area contributed by atoms with Gasteiger partial charge in [-0.2, -0.15) is 0 Å². The summed E-state index contributed by atoms with van der Waals surface area (Å²) in [5.41, 5.74) is 3.02. The first-order chi connectivity index (χ1) is 14.3. The Morgan fingerprint density at radius 1 is 0.966 bits per heavy atom. The summed E-state index contributed by atoms with van der Waals surface area (Å²) in [6.45, 7) is 0.617. The fraction of sp³-hybridized carbons (Fsp3) is 0.208. The number of rotatable bonds is 8. The summed E-state index contributed by atoms with van der Waals surface area (Å²) in [5.74, 6) is 0.802. The molecule has 3 aromatic heterocycles. The van der Waals surface area contributed by atoms with Crippen LogP contribution in [0.15, 0.2) is 85.3 Å². The third kappa shape index (κ3) is 4.69. The van der Waals surface area contributed by atoms with E-state index in [1.807, 2.05) is 79.1 Å². The highest BCUT2D eigenvalue weighted by Gasteiger charge is 2.21. The van der Waals surface area contributed by atoms with Gasteiger partial charge in [-0.1, -0.05) is 42.5 Å². The number of aryl methyl sites for hydroxylation is 1. The SMILES string of the molecule is O=C(NCCCc1ncc2ccccn12)C(Cc1ccccn1)c1ccccc1. The second-order valence-corrected chi connectivity index (χ2v) is 7.05. The molecule has 4 rings (SSSR count). The van der Waals surface area contributed by atoms with Crippen LogP contribution in [0, 0.1) is 0 Å². The normalized spacial score (nSPS) is 12.0. The standard InChI is InChI=1S/C24H24N4O/c29-24(26-15-8-13-23-27-18-21-12-5-7-16-28(21)23)22(19-9-2-1-3-10-19)17-20-11-4-6-14-25-20/h1-7,9-12,14,16,18,22H,8,13,15,17H2,(H,26,29). The Kier molecular flexibility index (Phi) is 5.95. The number of imidazole rings is 1. The number of pyridine rings is 2. The van der Waals surface area contributed by atoms with Crippen molar-refractivity contribution in [2.45, 2.75) is 25.2 Å². The van der Waals surface area contributed by atoms with Crippen molar-refractivity contribution < 1.29 is 4.79 Å². The van der Waals surface area contributed by atoms with Crippen LogP contribution >= 0.6 is 0 Å². The summed E-state index contributed by atoms with van der Waals surface area (Å²) in [5, 5.41) is 3.11. The molecular weight excluding hydrogens is 360 g/mol. The lowest BCUT2D eigenvalue weighted by atomic mass is 9.93. The second kappa shape index (κ2) is 9.15. The molecule has 0 spiro atoms. The molecule has 0 saturated carbocycles. The van der Waals surface area contributed by atoms with Crippen LogP contribution in [0.5, 0.6) is 0 Å². The Hall–Kier alpha value is -3.47. The molecule has 0 bridgehead atoms. The first-order valence-corrected chi connectivity index (χ1v) is 9.95. The Labute approximate surface area is 170 Å². The average molecular weight is 384 g/mol. The van der Waals surface area contributed by atoms with E-state index >= 15 is 0 Å². The van der Waals surface area contributed by atoms with E-state index in [-0.39, 0.29) is 11.8 Å². The Bertz CT molecular complexity index is 1060. The van der Waals surface area contributed by atoms with Gasteiger partial charge in [-0.05, 0) is 36.2 Å². The number of amides is 1. The lowest BCUT2D eigenvalue weighted by Crippen LogP contribution is -2.31. The molecule has 1 N–H and O–H groups in total. The van der Waals surface area contributed by atoms with Crippen molar-refractivity contribution in [2.75, 3.05) is 6.54 Å². The molecule has 0 aliphatic carbocycles. The van der Waals surface area contributed by atoms with Crippen molar-refractivity contribution in [1.82, 2.24) is 19.7 Å². The maximum absolute atomic E-state index is 13.0. The molecule has 1 atom stereocenters. The van der Waals surface area contributed by atoms with E-state index in [2.05, 4.69) is 19.7 Å². The van der Waals surface area contributed by atoms with Crippen molar-refractivity contribution >= 4 is 11.4 Å². The number of carbonyl (C=O) groups excluding carboxylic acids is 1.